The van der Waals surface area contributed by atoms with Crippen molar-refractivity contribution in [1.82, 2.24) is 4.90 Å². The SMILES string of the molecule is CC(=O)N1CCC(Nc2c(C)cc(C)cc2Br)CC1. The van der Waals surface area contributed by atoms with E-state index in [1.165, 1.54) is 16.8 Å². The van der Waals surface area contributed by atoms with Gasteiger partial charge in [-0.05, 0) is 59.8 Å². The van der Waals surface area contributed by atoms with Crippen LogP contribution in [0.2, 0.25) is 0 Å². The summed E-state index contributed by atoms with van der Waals surface area (Å²) in [4.78, 5) is 13.2. The van der Waals surface area contributed by atoms with Crippen molar-refractivity contribution in [3.05, 3.63) is 27.7 Å². The van der Waals surface area contributed by atoms with Gasteiger partial charge in [0.1, 0.15) is 0 Å². The molecule has 0 aromatic heterocycles. The Hall–Kier alpha value is -1.03. The van der Waals surface area contributed by atoms with Crippen molar-refractivity contribution in [2.24, 2.45) is 0 Å². The van der Waals surface area contributed by atoms with E-state index in [2.05, 4.69) is 47.2 Å². The summed E-state index contributed by atoms with van der Waals surface area (Å²) in [7, 11) is 0. The number of nitrogens with one attached hydrogen (secondary N) is 1. The third-order valence-electron chi connectivity index (χ3n) is 3.72. The van der Waals surface area contributed by atoms with Crippen molar-refractivity contribution in [1.29, 1.82) is 0 Å². The highest BCUT2D eigenvalue weighted by molar-refractivity contribution is 9.10. The highest BCUT2D eigenvalue weighted by Crippen LogP contribution is 2.29. The topological polar surface area (TPSA) is 32.3 Å². The van der Waals surface area contributed by atoms with Crippen LogP contribution < -0.4 is 5.32 Å². The highest BCUT2D eigenvalue weighted by atomic mass is 79.9. The lowest BCUT2D eigenvalue weighted by molar-refractivity contribution is -0.129. The zero-order chi connectivity index (χ0) is 14.0. The number of benzene rings is 1. The lowest BCUT2D eigenvalue weighted by Gasteiger charge is -2.32. The predicted molar refractivity (Wildman–Crippen MR) is 82.5 cm³/mol. The van der Waals surface area contributed by atoms with Gasteiger partial charge in [0.15, 0.2) is 0 Å². The smallest absolute Gasteiger partial charge is 0.219 e. The summed E-state index contributed by atoms with van der Waals surface area (Å²) in [6.45, 7) is 7.59. The Morgan fingerprint density at radius 2 is 1.95 bits per heavy atom. The van der Waals surface area contributed by atoms with Gasteiger partial charge in [0, 0.05) is 30.5 Å². The number of piperidine rings is 1. The molecule has 104 valence electrons. The molecule has 0 radical (unpaired) electrons. The van der Waals surface area contributed by atoms with Crippen molar-refractivity contribution >= 4 is 27.5 Å². The van der Waals surface area contributed by atoms with Crippen LogP contribution in [0.4, 0.5) is 5.69 Å². The molecule has 2 rings (SSSR count). The van der Waals surface area contributed by atoms with Crippen molar-refractivity contribution in [3.8, 4) is 0 Å². The van der Waals surface area contributed by atoms with E-state index in [1.807, 2.05) is 4.90 Å². The molecule has 0 bridgehead atoms. The average molecular weight is 325 g/mol. The molecule has 1 N–H and O–H groups in total. The first-order valence-electron chi connectivity index (χ1n) is 6.76. The second kappa shape index (κ2) is 5.95. The predicted octanol–water partition coefficient (Wildman–Crippen LogP) is 3.49. The Morgan fingerprint density at radius 1 is 1.32 bits per heavy atom. The molecule has 1 heterocycles. The maximum Gasteiger partial charge on any atom is 0.219 e. The third-order valence-corrected chi connectivity index (χ3v) is 4.35. The fraction of sp³-hybridized carbons (Fsp3) is 0.533. The van der Waals surface area contributed by atoms with Gasteiger partial charge in [-0.15, -0.1) is 0 Å². The number of anilines is 1. The van der Waals surface area contributed by atoms with Gasteiger partial charge in [-0.1, -0.05) is 6.07 Å². The molecule has 1 amide bonds. The molecule has 0 aliphatic carbocycles. The number of rotatable bonds is 2. The van der Waals surface area contributed by atoms with E-state index in [4.69, 9.17) is 0 Å². The monoisotopic (exact) mass is 324 g/mol. The summed E-state index contributed by atoms with van der Waals surface area (Å²) in [5.74, 6) is 0.186. The largest absolute Gasteiger partial charge is 0.381 e. The van der Waals surface area contributed by atoms with Gasteiger partial charge in [0.25, 0.3) is 0 Å². The molecule has 0 saturated carbocycles. The van der Waals surface area contributed by atoms with Gasteiger partial charge in [0.05, 0.1) is 5.69 Å². The van der Waals surface area contributed by atoms with Crippen molar-refractivity contribution < 1.29 is 4.79 Å². The summed E-state index contributed by atoms with van der Waals surface area (Å²) < 4.78 is 1.12. The van der Waals surface area contributed by atoms with E-state index in [0.717, 1.165) is 30.4 Å². The fourth-order valence-corrected chi connectivity index (χ4v) is 3.43. The standard InChI is InChI=1S/C15H21BrN2O/c1-10-8-11(2)15(14(16)9-10)17-13-4-6-18(7-5-13)12(3)19/h8-9,13,17H,4-7H2,1-3H3. The lowest BCUT2D eigenvalue weighted by Crippen LogP contribution is -2.41. The number of hydrogen-bond donors (Lipinski definition) is 1. The Kier molecular flexibility index (Phi) is 4.50. The second-order valence-electron chi connectivity index (χ2n) is 5.36. The zero-order valence-electron chi connectivity index (χ0n) is 11.8. The quantitative estimate of drug-likeness (QED) is 0.903. The third kappa shape index (κ3) is 3.50. The molecule has 0 atom stereocenters. The molecule has 0 unspecified atom stereocenters. The first-order valence-corrected chi connectivity index (χ1v) is 7.55. The molecule has 0 spiro atoms. The fourth-order valence-electron chi connectivity index (χ4n) is 2.64. The molecular weight excluding hydrogens is 304 g/mol. The number of aryl methyl sites for hydroxylation is 2. The minimum absolute atomic E-state index is 0.186. The Morgan fingerprint density at radius 3 is 2.47 bits per heavy atom. The summed E-state index contributed by atoms with van der Waals surface area (Å²) in [5.41, 5.74) is 3.72. The molecule has 1 aromatic carbocycles. The molecule has 1 aliphatic heterocycles. The summed E-state index contributed by atoms with van der Waals surface area (Å²) in [5, 5.41) is 3.62. The molecule has 4 heteroatoms. The van der Waals surface area contributed by atoms with E-state index in [0.29, 0.717) is 6.04 Å². The zero-order valence-corrected chi connectivity index (χ0v) is 13.4. The average Bonchev–Trinajstić information content (AvgIpc) is 2.34. The number of halogens is 1. The Labute approximate surface area is 123 Å². The van der Waals surface area contributed by atoms with Crippen molar-refractivity contribution in [3.63, 3.8) is 0 Å². The molecule has 1 fully saturated rings. The van der Waals surface area contributed by atoms with E-state index >= 15 is 0 Å². The highest BCUT2D eigenvalue weighted by Gasteiger charge is 2.21. The maximum absolute atomic E-state index is 11.3. The first kappa shape index (κ1) is 14.4. The van der Waals surface area contributed by atoms with Gasteiger partial charge in [-0.2, -0.15) is 0 Å². The van der Waals surface area contributed by atoms with E-state index in [1.54, 1.807) is 6.92 Å². The van der Waals surface area contributed by atoms with Crippen LogP contribution in [-0.2, 0) is 4.79 Å². The normalized spacial score (nSPS) is 16.5. The minimum atomic E-state index is 0.186. The number of carbonyl (C=O) groups excluding carboxylic acids is 1. The van der Waals surface area contributed by atoms with Gasteiger partial charge < -0.3 is 10.2 Å². The first-order chi connectivity index (χ1) is 8.97. The lowest BCUT2D eigenvalue weighted by atomic mass is 10.0. The Balaban J connectivity index is 2.02. The number of amides is 1. The van der Waals surface area contributed by atoms with Crippen LogP contribution in [-0.4, -0.2) is 29.9 Å². The summed E-state index contributed by atoms with van der Waals surface area (Å²) in [6.07, 6.45) is 2.03. The number of carbonyl (C=O) groups is 1. The number of likely N-dealkylation sites (tertiary alicyclic amines) is 1. The van der Waals surface area contributed by atoms with Crippen LogP contribution >= 0.6 is 15.9 Å². The van der Waals surface area contributed by atoms with E-state index in [9.17, 15) is 4.79 Å². The van der Waals surface area contributed by atoms with Gasteiger partial charge in [-0.25, -0.2) is 0 Å². The summed E-state index contributed by atoms with van der Waals surface area (Å²) >= 11 is 3.63. The van der Waals surface area contributed by atoms with Gasteiger partial charge >= 0.3 is 0 Å². The molecule has 3 nitrogen and oxygen atoms in total. The van der Waals surface area contributed by atoms with Crippen LogP contribution in [0.15, 0.2) is 16.6 Å². The van der Waals surface area contributed by atoms with Gasteiger partial charge in [-0.3, -0.25) is 4.79 Å². The van der Waals surface area contributed by atoms with Crippen LogP contribution in [0.3, 0.4) is 0 Å². The molecule has 1 saturated heterocycles. The maximum atomic E-state index is 11.3. The number of nitrogens with zero attached hydrogens (tertiary/aromatic N) is 1. The van der Waals surface area contributed by atoms with E-state index < -0.39 is 0 Å². The van der Waals surface area contributed by atoms with Crippen LogP contribution in [0.25, 0.3) is 0 Å². The van der Waals surface area contributed by atoms with Crippen molar-refractivity contribution in [2.75, 3.05) is 18.4 Å². The van der Waals surface area contributed by atoms with Crippen LogP contribution in [0, 0.1) is 13.8 Å². The van der Waals surface area contributed by atoms with E-state index in [-0.39, 0.29) is 5.91 Å². The van der Waals surface area contributed by atoms with Gasteiger partial charge in [0.2, 0.25) is 5.91 Å². The molecule has 1 aromatic rings. The molecular formula is C15H21BrN2O. The minimum Gasteiger partial charge on any atom is -0.381 e. The van der Waals surface area contributed by atoms with Crippen molar-refractivity contribution in [2.45, 2.75) is 39.7 Å². The molecule has 19 heavy (non-hydrogen) atoms. The van der Waals surface area contributed by atoms with Crippen LogP contribution in [0.1, 0.15) is 30.9 Å². The second-order valence-corrected chi connectivity index (χ2v) is 6.22. The summed E-state index contributed by atoms with van der Waals surface area (Å²) in [6, 6.07) is 4.78. The number of hydrogen-bond acceptors (Lipinski definition) is 2. The Bertz CT molecular complexity index is 456. The molecule has 1 aliphatic rings. The van der Waals surface area contributed by atoms with Crippen LogP contribution in [0.5, 0.6) is 0 Å².